The summed E-state index contributed by atoms with van der Waals surface area (Å²) in [5.41, 5.74) is 0. The average Bonchev–Trinajstić information content (AvgIpc) is 1.65. The first-order valence-electron chi connectivity index (χ1n) is 2.12. The van der Waals surface area contributed by atoms with Crippen LogP contribution in [0.1, 0.15) is 0 Å². The fourth-order valence-corrected chi connectivity index (χ4v) is 2.76. The van der Waals surface area contributed by atoms with E-state index in [-0.39, 0.29) is 4.84 Å². The summed E-state index contributed by atoms with van der Waals surface area (Å²) < 4.78 is 4.80. The Bertz CT molecular complexity index is 60.5. The summed E-state index contributed by atoms with van der Waals surface area (Å²) in [6.07, 6.45) is 0. The molecule has 0 spiro atoms. The Morgan fingerprint density at radius 1 is 1.62 bits per heavy atom. The van der Waals surface area contributed by atoms with Gasteiger partial charge in [0.25, 0.3) is 8.35 Å². The minimum Gasteiger partial charge on any atom is -0.409 e. The van der Waals surface area contributed by atoms with Crippen molar-refractivity contribution in [3.05, 3.63) is 0 Å². The van der Waals surface area contributed by atoms with Crippen LogP contribution in [-0.2, 0) is 4.43 Å². The summed E-state index contributed by atoms with van der Waals surface area (Å²) >= 11 is 16.4. The van der Waals surface area contributed by atoms with Gasteiger partial charge in [-0.25, -0.2) is 0 Å². The molecule has 0 radical (unpaired) electrons. The van der Waals surface area contributed by atoms with Gasteiger partial charge in [-0.1, -0.05) is 0 Å². The lowest BCUT2D eigenvalue weighted by atomic mass is 10.9. The number of alkyl halides is 2. The second kappa shape index (κ2) is 4.88. The van der Waals surface area contributed by atoms with Gasteiger partial charge in [0.15, 0.2) is 0 Å². The fraction of sp³-hybridized carbons (Fsp3) is 1.00. The smallest absolute Gasteiger partial charge is 0.276 e. The van der Waals surface area contributed by atoms with Crippen molar-refractivity contribution >= 4 is 42.6 Å². The highest BCUT2D eigenvalue weighted by molar-refractivity contribution is 7.03. The van der Waals surface area contributed by atoms with Gasteiger partial charge in [-0.15, -0.1) is 34.3 Å². The zero-order valence-corrected chi connectivity index (χ0v) is 7.83. The third-order valence-corrected chi connectivity index (χ3v) is 4.00. The highest BCUT2D eigenvalue weighted by Gasteiger charge is 2.09. The lowest BCUT2D eigenvalue weighted by molar-refractivity contribution is 0.435. The molecule has 0 heterocycles. The highest BCUT2D eigenvalue weighted by atomic mass is 35.6. The topological polar surface area (TPSA) is 9.23 Å². The molecule has 1 unspecified atom stereocenters. The van der Waals surface area contributed by atoms with E-state index < -0.39 is 8.35 Å². The molecule has 0 aromatic carbocycles. The van der Waals surface area contributed by atoms with E-state index in [2.05, 4.69) is 0 Å². The third kappa shape index (κ3) is 5.19. The summed E-state index contributed by atoms with van der Waals surface area (Å²) in [5, 5.41) is 0. The Hall–Kier alpha value is 1.05. The minimum atomic E-state index is -1.53. The molecular weight excluding hydrogens is 186 g/mol. The number of hydrogen-bond acceptors (Lipinski definition) is 1. The van der Waals surface area contributed by atoms with Crippen molar-refractivity contribution in [3.8, 4) is 0 Å². The van der Waals surface area contributed by atoms with Crippen LogP contribution in [0.4, 0.5) is 0 Å². The molecule has 0 aliphatic carbocycles. The van der Waals surface area contributed by atoms with Crippen LogP contribution < -0.4 is 0 Å². The van der Waals surface area contributed by atoms with Crippen molar-refractivity contribution in [2.45, 2.75) is 10.9 Å². The summed E-state index contributed by atoms with van der Waals surface area (Å²) in [5.74, 6) is 0. The first-order chi connectivity index (χ1) is 3.66. The first-order valence-corrected chi connectivity index (χ1v) is 6.02. The number of rotatable bonds is 3. The maximum atomic E-state index is 5.61. The highest BCUT2D eigenvalue weighted by Crippen LogP contribution is 2.12. The van der Waals surface area contributed by atoms with Gasteiger partial charge in [0.1, 0.15) is 4.84 Å². The summed E-state index contributed by atoms with van der Waals surface area (Å²) in [6, 6.07) is 0.598. The second-order valence-corrected chi connectivity index (χ2v) is 5.77. The predicted octanol–water partition coefficient (Wildman–Crippen LogP) is 1.90. The molecule has 1 nitrogen and oxygen atoms in total. The normalized spacial score (nSPS) is 14.6. The third-order valence-electron chi connectivity index (χ3n) is 0.619. The maximum absolute atomic E-state index is 5.61. The van der Waals surface area contributed by atoms with Crippen LogP contribution in [0.2, 0.25) is 6.04 Å². The molecule has 0 aliphatic rings. The van der Waals surface area contributed by atoms with E-state index in [1.807, 2.05) is 0 Å². The molecule has 0 saturated heterocycles. The Morgan fingerprint density at radius 2 is 2.12 bits per heavy atom. The van der Waals surface area contributed by atoms with E-state index in [0.717, 1.165) is 0 Å². The van der Waals surface area contributed by atoms with E-state index in [4.69, 9.17) is 38.7 Å². The van der Waals surface area contributed by atoms with E-state index in [1.54, 1.807) is 7.11 Å². The molecule has 0 saturated carbocycles. The van der Waals surface area contributed by atoms with Gasteiger partial charge >= 0.3 is 0 Å². The largest absolute Gasteiger partial charge is 0.409 e. The minimum absolute atomic E-state index is 0.371. The predicted molar refractivity (Wildman–Crippen MR) is 40.3 cm³/mol. The molecule has 0 aromatic rings. The SMILES string of the molecule is CO[SiH](Cl)CC(Cl)Cl. The van der Waals surface area contributed by atoms with Gasteiger partial charge in [0.2, 0.25) is 0 Å². The number of halogens is 3. The average molecular weight is 194 g/mol. The zero-order chi connectivity index (χ0) is 6.57. The molecule has 0 aromatic heterocycles. The van der Waals surface area contributed by atoms with Crippen LogP contribution >= 0.6 is 34.3 Å². The van der Waals surface area contributed by atoms with Gasteiger partial charge in [-0.05, 0) is 0 Å². The molecule has 0 fully saturated rings. The Kier molecular flexibility index (Phi) is 5.52. The molecular formula is C3H7Cl3OSi. The van der Waals surface area contributed by atoms with E-state index in [0.29, 0.717) is 6.04 Å². The van der Waals surface area contributed by atoms with Crippen LogP contribution in [0.5, 0.6) is 0 Å². The Morgan fingerprint density at radius 3 is 2.25 bits per heavy atom. The van der Waals surface area contributed by atoms with Crippen molar-refractivity contribution in [1.29, 1.82) is 0 Å². The fourth-order valence-electron chi connectivity index (χ4n) is 0.236. The molecule has 0 bridgehead atoms. The van der Waals surface area contributed by atoms with Gasteiger partial charge in [-0.3, -0.25) is 0 Å². The van der Waals surface area contributed by atoms with Gasteiger partial charge in [0, 0.05) is 13.2 Å². The van der Waals surface area contributed by atoms with E-state index in [9.17, 15) is 0 Å². The van der Waals surface area contributed by atoms with Crippen LogP contribution in [0, 0.1) is 0 Å². The second-order valence-electron chi connectivity index (χ2n) is 1.27. The van der Waals surface area contributed by atoms with Crippen molar-refractivity contribution in [1.82, 2.24) is 0 Å². The lowest BCUT2D eigenvalue weighted by Gasteiger charge is -2.03. The van der Waals surface area contributed by atoms with Gasteiger partial charge < -0.3 is 4.43 Å². The van der Waals surface area contributed by atoms with E-state index >= 15 is 0 Å². The van der Waals surface area contributed by atoms with Crippen molar-refractivity contribution in [2.75, 3.05) is 7.11 Å². The molecule has 8 heavy (non-hydrogen) atoms. The lowest BCUT2D eigenvalue weighted by Crippen LogP contribution is -2.09. The Balaban J connectivity index is 3.10. The van der Waals surface area contributed by atoms with Crippen molar-refractivity contribution < 1.29 is 4.43 Å². The molecule has 0 rings (SSSR count). The van der Waals surface area contributed by atoms with Gasteiger partial charge in [0.05, 0.1) is 0 Å². The maximum Gasteiger partial charge on any atom is 0.276 e. The van der Waals surface area contributed by atoms with Crippen LogP contribution in [-0.4, -0.2) is 20.3 Å². The van der Waals surface area contributed by atoms with Crippen LogP contribution in [0.3, 0.4) is 0 Å². The summed E-state index contributed by atoms with van der Waals surface area (Å²) in [7, 11) is 0.0386. The molecule has 0 aliphatic heterocycles. The summed E-state index contributed by atoms with van der Waals surface area (Å²) in [4.78, 5) is -0.371. The standard InChI is InChI=1S/C3H7Cl3OSi/c1-7-8(6)2-3(4)5/h3,8H,2H2,1H3. The molecule has 0 amide bonds. The molecule has 5 heteroatoms. The van der Waals surface area contributed by atoms with Crippen molar-refractivity contribution in [3.63, 3.8) is 0 Å². The Labute approximate surface area is 65.3 Å². The molecule has 1 atom stereocenters. The molecule has 50 valence electrons. The quantitative estimate of drug-likeness (QED) is 0.378. The van der Waals surface area contributed by atoms with Gasteiger partial charge in [-0.2, -0.15) is 0 Å². The van der Waals surface area contributed by atoms with E-state index in [1.165, 1.54) is 0 Å². The zero-order valence-electron chi connectivity index (χ0n) is 4.40. The first kappa shape index (κ1) is 9.05. The van der Waals surface area contributed by atoms with Crippen LogP contribution in [0.25, 0.3) is 0 Å². The van der Waals surface area contributed by atoms with Crippen molar-refractivity contribution in [2.24, 2.45) is 0 Å². The van der Waals surface area contributed by atoms with Crippen LogP contribution in [0.15, 0.2) is 0 Å². The summed E-state index contributed by atoms with van der Waals surface area (Å²) in [6.45, 7) is 0. The molecule has 0 N–H and O–H groups in total. The number of hydrogen-bond donors (Lipinski definition) is 0. The monoisotopic (exact) mass is 192 g/mol.